The van der Waals surface area contributed by atoms with Gasteiger partial charge in [0, 0.05) is 6.04 Å². The van der Waals surface area contributed by atoms with E-state index in [1.54, 1.807) is 12.1 Å². The van der Waals surface area contributed by atoms with Crippen molar-refractivity contribution in [3.63, 3.8) is 0 Å². The summed E-state index contributed by atoms with van der Waals surface area (Å²) in [6, 6.07) is 6.51. The summed E-state index contributed by atoms with van der Waals surface area (Å²) in [6.45, 7) is 1.54. The highest BCUT2D eigenvalue weighted by molar-refractivity contribution is 5.30. The first kappa shape index (κ1) is 14.9. The van der Waals surface area contributed by atoms with Crippen LogP contribution in [0.15, 0.2) is 24.3 Å². The zero-order chi connectivity index (χ0) is 13.5. The molecule has 18 heavy (non-hydrogen) atoms. The molecule has 0 saturated carbocycles. The fourth-order valence-electron chi connectivity index (χ4n) is 1.83. The molecule has 4 heteroatoms. The van der Waals surface area contributed by atoms with Gasteiger partial charge in [-0.2, -0.15) is 8.78 Å². The lowest BCUT2D eigenvalue weighted by Gasteiger charge is -2.14. The monoisotopic (exact) mass is 257 g/mol. The van der Waals surface area contributed by atoms with Crippen molar-refractivity contribution in [1.82, 2.24) is 0 Å². The Bertz CT molecular complexity index is 355. The van der Waals surface area contributed by atoms with Crippen molar-refractivity contribution in [1.29, 1.82) is 0 Å². The van der Waals surface area contributed by atoms with Crippen LogP contribution in [0.5, 0.6) is 5.75 Å². The smallest absolute Gasteiger partial charge is 0.387 e. The van der Waals surface area contributed by atoms with Crippen molar-refractivity contribution in [3.8, 4) is 5.75 Å². The van der Waals surface area contributed by atoms with Crippen LogP contribution in [0, 0.1) is 5.92 Å². The van der Waals surface area contributed by atoms with Crippen molar-refractivity contribution in [3.05, 3.63) is 29.8 Å². The van der Waals surface area contributed by atoms with E-state index in [1.807, 2.05) is 6.07 Å². The fourth-order valence-corrected chi connectivity index (χ4v) is 1.83. The highest BCUT2D eigenvalue weighted by Crippen LogP contribution is 2.23. The van der Waals surface area contributed by atoms with Crippen LogP contribution < -0.4 is 10.5 Å². The van der Waals surface area contributed by atoms with E-state index in [9.17, 15) is 8.78 Å². The maximum Gasteiger partial charge on any atom is 0.387 e. The minimum absolute atomic E-state index is 0.120. The highest BCUT2D eigenvalue weighted by atomic mass is 19.3. The number of halogens is 2. The van der Waals surface area contributed by atoms with Gasteiger partial charge in [0.15, 0.2) is 0 Å². The molecule has 0 fully saturated rings. The van der Waals surface area contributed by atoms with E-state index in [0.717, 1.165) is 24.8 Å². The van der Waals surface area contributed by atoms with Gasteiger partial charge < -0.3 is 10.5 Å². The van der Waals surface area contributed by atoms with Gasteiger partial charge in [-0.1, -0.05) is 38.8 Å². The molecule has 0 aliphatic heterocycles. The number of alkyl halides is 2. The van der Waals surface area contributed by atoms with Gasteiger partial charge >= 0.3 is 6.61 Å². The Labute approximate surface area is 107 Å². The molecule has 1 atom stereocenters. The van der Waals surface area contributed by atoms with Gasteiger partial charge in [-0.15, -0.1) is 0 Å². The molecule has 0 heterocycles. The summed E-state index contributed by atoms with van der Waals surface area (Å²) in [5.41, 5.74) is 6.88. The molecule has 102 valence electrons. The van der Waals surface area contributed by atoms with E-state index in [0.29, 0.717) is 5.92 Å². The SMILES string of the molecule is CC(C)CCCC(N)c1cccc(OC(F)F)c1. The van der Waals surface area contributed by atoms with Crippen LogP contribution >= 0.6 is 0 Å². The molecule has 0 amide bonds. The first-order valence-corrected chi connectivity index (χ1v) is 6.29. The summed E-state index contributed by atoms with van der Waals surface area (Å²) in [4.78, 5) is 0. The minimum Gasteiger partial charge on any atom is -0.435 e. The van der Waals surface area contributed by atoms with Crippen LogP contribution in [0.25, 0.3) is 0 Å². The average molecular weight is 257 g/mol. The Morgan fingerprint density at radius 3 is 2.56 bits per heavy atom. The third-order valence-electron chi connectivity index (χ3n) is 2.81. The van der Waals surface area contributed by atoms with E-state index in [-0.39, 0.29) is 11.8 Å². The van der Waals surface area contributed by atoms with E-state index in [2.05, 4.69) is 18.6 Å². The number of benzene rings is 1. The van der Waals surface area contributed by atoms with Gasteiger partial charge in [0.25, 0.3) is 0 Å². The number of hydrogen-bond acceptors (Lipinski definition) is 2. The zero-order valence-electron chi connectivity index (χ0n) is 10.9. The molecular formula is C14H21F2NO. The lowest BCUT2D eigenvalue weighted by atomic mass is 9.98. The fraction of sp³-hybridized carbons (Fsp3) is 0.571. The summed E-state index contributed by atoms with van der Waals surface area (Å²) in [5.74, 6) is 0.826. The van der Waals surface area contributed by atoms with Crippen LogP contribution in [0.2, 0.25) is 0 Å². The molecule has 2 N–H and O–H groups in total. The van der Waals surface area contributed by atoms with Crippen LogP contribution in [0.3, 0.4) is 0 Å². The van der Waals surface area contributed by atoms with E-state index in [1.165, 1.54) is 6.07 Å². The second kappa shape index (κ2) is 7.31. The second-order valence-electron chi connectivity index (χ2n) is 4.88. The minimum atomic E-state index is -2.79. The van der Waals surface area contributed by atoms with Crippen molar-refractivity contribution >= 4 is 0 Å². The molecule has 0 spiro atoms. The molecule has 0 radical (unpaired) electrons. The molecule has 1 rings (SSSR count). The third-order valence-corrected chi connectivity index (χ3v) is 2.81. The average Bonchev–Trinajstić information content (AvgIpc) is 2.27. The number of rotatable bonds is 7. The molecule has 0 aliphatic rings. The first-order chi connectivity index (χ1) is 8.49. The Kier molecular flexibility index (Phi) is 6.05. The van der Waals surface area contributed by atoms with Crippen molar-refractivity contribution < 1.29 is 13.5 Å². The Morgan fingerprint density at radius 1 is 1.22 bits per heavy atom. The van der Waals surface area contributed by atoms with E-state index in [4.69, 9.17) is 5.73 Å². The third kappa shape index (κ3) is 5.45. The van der Waals surface area contributed by atoms with Gasteiger partial charge in [-0.25, -0.2) is 0 Å². The molecule has 0 bridgehead atoms. The van der Waals surface area contributed by atoms with Gasteiger partial charge in [-0.3, -0.25) is 0 Å². The van der Waals surface area contributed by atoms with Crippen molar-refractivity contribution in [2.24, 2.45) is 11.7 Å². The summed E-state index contributed by atoms with van der Waals surface area (Å²) >= 11 is 0. The van der Waals surface area contributed by atoms with E-state index >= 15 is 0 Å². The van der Waals surface area contributed by atoms with Gasteiger partial charge in [0.1, 0.15) is 5.75 Å². The number of nitrogens with two attached hydrogens (primary N) is 1. The van der Waals surface area contributed by atoms with E-state index < -0.39 is 6.61 Å². The molecule has 1 aromatic rings. The predicted octanol–water partition coefficient (Wildman–Crippen LogP) is 4.11. The van der Waals surface area contributed by atoms with Crippen molar-refractivity contribution in [2.45, 2.75) is 45.8 Å². The Hall–Kier alpha value is -1.16. The highest BCUT2D eigenvalue weighted by Gasteiger charge is 2.09. The maximum absolute atomic E-state index is 12.1. The largest absolute Gasteiger partial charge is 0.435 e. The lowest BCUT2D eigenvalue weighted by molar-refractivity contribution is -0.0499. The van der Waals surface area contributed by atoms with Crippen LogP contribution in [0.1, 0.15) is 44.7 Å². The van der Waals surface area contributed by atoms with Gasteiger partial charge in [-0.05, 0) is 30.0 Å². The zero-order valence-corrected chi connectivity index (χ0v) is 10.9. The molecule has 2 nitrogen and oxygen atoms in total. The Morgan fingerprint density at radius 2 is 1.94 bits per heavy atom. The summed E-state index contributed by atoms with van der Waals surface area (Å²) in [7, 11) is 0. The molecule has 1 aromatic carbocycles. The maximum atomic E-state index is 12.1. The Balaban J connectivity index is 2.54. The topological polar surface area (TPSA) is 35.2 Å². The normalized spacial score (nSPS) is 13.1. The van der Waals surface area contributed by atoms with Crippen LogP contribution in [0.4, 0.5) is 8.78 Å². The summed E-state index contributed by atoms with van der Waals surface area (Å²) in [5, 5.41) is 0. The molecule has 0 saturated heterocycles. The number of ether oxygens (including phenoxy) is 1. The summed E-state index contributed by atoms with van der Waals surface area (Å²) in [6.07, 6.45) is 3.02. The standard InChI is InChI=1S/C14H21F2NO/c1-10(2)5-3-8-13(17)11-6-4-7-12(9-11)18-14(15)16/h4,6-7,9-10,13-14H,3,5,8,17H2,1-2H3. The number of hydrogen-bond donors (Lipinski definition) is 1. The lowest BCUT2D eigenvalue weighted by Crippen LogP contribution is -2.11. The van der Waals surface area contributed by atoms with Gasteiger partial charge in [0.2, 0.25) is 0 Å². The second-order valence-corrected chi connectivity index (χ2v) is 4.88. The molecule has 0 aliphatic carbocycles. The quantitative estimate of drug-likeness (QED) is 0.797. The predicted molar refractivity (Wildman–Crippen MR) is 68.7 cm³/mol. The van der Waals surface area contributed by atoms with Gasteiger partial charge in [0.05, 0.1) is 0 Å². The first-order valence-electron chi connectivity index (χ1n) is 6.29. The van der Waals surface area contributed by atoms with Crippen LogP contribution in [-0.4, -0.2) is 6.61 Å². The van der Waals surface area contributed by atoms with Crippen molar-refractivity contribution in [2.75, 3.05) is 0 Å². The molecule has 1 unspecified atom stereocenters. The van der Waals surface area contributed by atoms with Crippen LogP contribution in [-0.2, 0) is 0 Å². The molecule has 0 aromatic heterocycles. The molecular weight excluding hydrogens is 236 g/mol. The summed E-state index contributed by atoms with van der Waals surface area (Å²) < 4.78 is 28.5.